The van der Waals surface area contributed by atoms with Crippen LogP contribution in [0.25, 0.3) is 0 Å². The molecule has 3 rings (SSSR count). The van der Waals surface area contributed by atoms with Crippen LogP contribution in [0.2, 0.25) is 0 Å². The van der Waals surface area contributed by atoms with Crippen molar-refractivity contribution < 1.29 is 14.3 Å². The highest BCUT2D eigenvalue weighted by molar-refractivity contribution is 7.07. The predicted octanol–water partition coefficient (Wildman–Crippen LogP) is 3.11. The Morgan fingerprint density at radius 1 is 1.57 bits per heavy atom. The summed E-state index contributed by atoms with van der Waals surface area (Å²) in [5.74, 6) is 0.628. The van der Waals surface area contributed by atoms with E-state index in [1.807, 2.05) is 16.3 Å². The average molecular weight is 337 g/mol. The molecule has 1 aliphatic carbocycles. The summed E-state index contributed by atoms with van der Waals surface area (Å²) in [5, 5.41) is 4.09. The van der Waals surface area contributed by atoms with Crippen LogP contribution in [0.5, 0.6) is 0 Å². The van der Waals surface area contributed by atoms with Crippen LogP contribution in [0, 0.1) is 5.92 Å². The van der Waals surface area contributed by atoms with E-state index in [4.69, 9.17) is 9.47 Å². The molecule has 1 saturated carbocycles. The summed E-state index contributed by atoms with van der Waals surface area (Å²) < 4.78 is 12.1. The first-order valence-electron chi connectivity index (χ1n) is 8.63. The number of hydrogen-bond donors (Lipinski definition) is 0. The van der Waals surface area contributed by atoms with Gasteiger partial charge in [0.15, 0.2) is 0 Å². The lowest BCUT2D eigenvalue weighted by atomic mass is 9.89. The molecule has 1 saturated heterocycles. The Balaban J connectivity index is 1.63. The van der Waals surface area contributed by atoms with Crippen LogP contribution in [0.3, 0.4) is 0 Å². The lowest BCUT2D eigenvalue weighted by Crippen LogP contribution is -2.56. The van der Waals surface area contributed by atoms with E-state index in [0.717, 1.165) is 31.6 Å². The molecular weight excluding hydrogens is 310 g/mol. The van der Waals surface area contributed by atoms with Crippen LogP contribution in [-0.2, 0) is 20.7 Å². The van der Waals surface area contributed by atoms with Crippen molar-refractivity contribution in [3.05, 3.63) is 22.4 Å². The van der Waals surface area contributed by atoms with Crippen LogP contribution in [0.1, 0.15) is 38.7 Å². The first-order chi connectivity index (χ1) is 11.1. The number of nitrogens with zero attached hydrogens (tertiary/aromatic N) is 1. The Morgan fingerprint density at radius 2 is 2.43 bits per heavy atom. The Hall–Kier alpha value is -0.910. The van der Waals surface area contributed by atoms with Gasteiger partial charge < -0.3 is 14.4 Å². The third kappa shape index (κ3) is 3.95. The van der Waals surface area contributed by atoms with Gasteiger partial charge in [0.25, 0.3) is 0 Å². The second-order valence-electron chi connectivity index (χ2n) is 7.01. The fraction of sp³-hybridized carbons (Fsp3) is 0.722. The van der Waals surface area contributed by atoms with Crippen molar-refractivity contribution in [1.29, 1.82) is 0 Å². The Kier molecular flexibility index (Phi) is 5.39. The van der Waals surface area contributed by atoms with Crippen molar-refractivity contribution >= 4 is 17.2 Å². The van der Waals surface area contributed by atoms with Gasteiger partial charge in [-0.3, -0.25) is 4.79 Å². The van der Waals surface area contributed by atoms with E-state index in [1.165, 1.54) is 6.42 Å². The maximum absolute atomic E-state index is 12.6. The van der Waals surface area contributed by atoms with Gasteiger partial charge in [-0.15, -0.1) is 0 Å². The zero-order valence-electron chi connectivity index (χ0n) is 14.1. The number of carbonyl (C=O) groups excluding carboxylic acids is 1. The van der Waals surface area contributed by atoms with Crippen LogP contribution in [0.4, 0.5) is 0 Å². The SMILES string of the molecule is CC(C)OC[C@H]1CCC[C@]12CN(C(=O)Cc1ccsc1)CCO2. The van der Waals surface area contributed by atoms with Crippen LogP contribution in [0.15, 0.2) is 16.8 Å². The number of thiophene rings is 1. The highest BCUT2D eigenvalue weighted by Crippen LogP contribution is 2.41. The molecule has 2 aliphatic rings. The molecule has 23 heavy (non-hydrogen) atoms. The summed E-state index contributed by atoms with van der Waals surface area (Å²) in [7, 11) is 0. The van der Waals surface area contributed by atoms with Crippen molar-refractivity contribution in [3.63, 3.8) is 0 Å². The molecule has 128 valence electrons. The monoisotopic (exact) mass is 337 g/mol. The third-order valence-electron chi connectivity index (χ3n) is 5.02. The predicted molar refractivity (Wildman–Crippen MR) is 91.7 cm³/mol. The summed E-state index contributed by atoms with van der Waals surface area (Å²) in [6, 6.07) is 2.04. The third-order valence-corrected chi connectivity index (χ3v) is 5.76. The average Bonchev–Trinajstić information content (AvgIpc) is 3.16. The molecule has 0 aromatic carbocycles. The maximum atomic E-state index is 12.6. The molecule has 1 spiro atoms. The molecule has 0 bridgehead atoms. The fourth-order valence-corrected chi connectivity index (χ4v) is 4.42. The largest absolute Gasteiger partial charge is 0.378 e. The highest BCUT2D eigenvalue weighted by atomic mass is 32.1. The molecule has 5 heteroatoms. The van der Waals surface area contributed by atoms with Gasteiger partial charge >= 0.3 is 0 Å². The van der Waals surface area contributed by atoms with Crippen molar-refractivity contribution in [1.82, 2.24) is 4.90 Å². The maximum Gasteiger partial charge on any atom is 0.227 e. The molecule has 0 N–H and O–H groups in total. The number of amides is 1. The van der Waals surface area contributed by atoms with E-state index in [9.17, 15) is 4.79 Å². The Morgan fingerprint density at radius 3 is 3.17 bits per heavy atom. The summed E-state index contributed by atoms with van der Waals surface area (Å²) in [6.07, 6.45) is 4.10. The number of hydrogen-bond acceptors (Lipinski definition) is 4. The van der Waals surface area contributed by atoms with Gasteiger partial charge in [-0.05, 0) is 49.1 Å². The first kappa shape index (κ1) is 16.9. The van der Waals surface area contributed by atoms with Gasteiger partial charge in [0, 0.05) is 12.5 Å². The van der Waals surface area contributed by atoms with Crippen LogP contribution >= 0.6 is 11.3 Å². The van der Waals surface area contributed by atoms with Crippen LogP contribution in [-0.4, -0.2) is 48.8 Å². The van der Waals surface area contributed by atoms with Crippen molar-refractivity contribution in [2.75, 3.05) is 26.3 Å². The smallest absolute Gasteiger partial charge is 0.227 e. The number of carbonyl (C=O) groups is 1. The van der Waals surface area contributed by atoms with E-state index in [2.05, 4.69) is 19.2 Å². The molecule has 2 fully saturated rings. The topological polar surface area (TPSA) is 38.8 Å². The molecule has 2 atom stereocenters. The molecule has 4 nitrogen and oxygen atoms in total. The molecule has 1 aliphatic heterocycles. The van der Waals surface area contributed by atoms with E-state index in [0.29, 0.717) is 25.5 Å². The first-order valence-corrected chi connectivity index (χ1v) is 9.58. The molecule has 0 unspecified atom stereocenters. The minimum atomic E-state index is -0.183. The van der Waals surface area contributed by atoms with E-state index >= 15 is 0 Å². The number of ether oxygens (including phenoxy) is 2. The summed E-state index contributed by atoms with van der Waals surface area (Å²) >= 11 is 1.64. The van der Waals surface area contributed by atoms with Crippen molar-refractivity contribution in [2.45, 2.75) is 51.2 Å². The molecule has 0 radical (unpaired) electrons. The quantitative estimate of drug-likeness (QED) is 0.829. The summed E-state index contributed by atoms with van der Waals surface area (Å²) in [5.41, 5.74) is 0.934. The lowest BCUT2D eigenvalue weighted by molar-refractivity contribution is -0.162. The fourth-order valence-electron chi connectivity index (χ4n) is 3.76. The normalized spacial score (nSPS) is 28.0. The van der Waals surface area contributed by atoms with Gasteiger partial charge in [0.1, 0.15) is 0 Å². The molecular formula is C18H27NO3S. The second-order valence-corrected chi connectivity index (χ2v) is 7.79. The van der Waals surface area contributed by atoms with Gasteiger partial charge in [0.05, 0.1) is 37.9 Å². The molecule has 1 aromatic heterocycles. The van der Waals surface area contributed by atoms with Crippen molar-refractivity contribution in [2.24, 2.45) is 5.92 Å². The van der Waals surface area contributed by atoms with Gasteiger partial charge in [0.2, 0.25) is 5.91 Å². The lowest BCUT2D eigenvalue weighted by Gasteiger charge is -2.44. The van der Waals surface area contributed by atoms with Crippen LogP contribution < -0.4 is 0 Å². The zero-order chi connectivity index (χ0) is 16.3. The summed E-state index contributed by atoms with van der Waals surface area (Å²) in [6.45, 7) is 6.96. The number of rotatable bonds is 5. The van der Waals surface area contributed by atoms with E-state index < -0.39 is 0 Å². The molecule has 1 amide bonds. The highest BCUT2D eigenvalue weighted by Gasteiger charge is 2.47. The Bertz CT molecular complexity index is 516. The standard InChI is InChI=1S/C18H27NO3S/c1-14(2)21-11-16-4-3-6-18(16)13-19(7-8-22-18)17(20)10-15-5-9-23-12-15/h5,9,12,14,16H,3-4,6-8,10-11,13H2,1-2H3/t16-,18+/m1/s1. The summed E-state index contributed by atoms with van der Waals surface area (Å²) in [4.78, 5) is 14.6. The second kappa shape index (κ2) is 7.32. The van der Waals surface area contributed by atoms with Gasteiger partial charge in [-0.1, -0.05) is 6.42 Å². The number of morpholine rings is 1. The van der Waals surface area contributed by atoms with Gasteiger partial charge in [-0.2, -0.15) is 11.3 Å². The molecule has 1 aromatic rings. The minimum Gasteiger partial charge on any atom is -0.378 e. The van der Waals surface area contributed by atoms with Gasteiger partial charge in [-0.25, -0.2) is 0 Å². The zero-order valence-corrected chi connectivity index (χ0v) is 14.9. The van der Waals surface area contributed by atoms with Crippen molar-refractivity contribution in [3.8, 4) is 0 Å². The molecule has 2 heterocycles. The Labute approximate surface area is 142 Å². The minimum absolute atomic E-state index is 0.183. The van der Waals surface area contributed by atoms with E-state index in [1.54, 1.807) is 11.3 Å². The van der Waals surface area contributed by atoms with E-state index in [-0.39, 0.29) is 17.6 Å².